The van der Waals surface area contributed by atoms with Gasteiger partial charge in [0.25, 0.3) is 0 Å². The molecule has 0 aliphatic rings. The summed E-state index contributed by atoms with van der Waals surface area (Å²) in [4.78, 5) is 14.7. The van der Waals surface area contributed by atoms with Crippen LogP contribution in [0.25, 0.3) is 32.7 Å². The van der Waals surface area contributed by atoms with Crippen molar-refractivity contribution < 1.29 is 0 Å². The molecule has 0 amide bonds. The number of fused-ring (bicyclic) bond motifs is 1. The normalized spacial score (nSPS) is 10.9. The second-order valence-electron chi connectivity index (χ2n) is 5.36. The maximum absolute atomic E-state index is 4.76. The topological polar surface area (TPSA) is 50.7 Å². The van der Waals surface area contributed by atoms with E-state index in [4.69, 9.17) is 9.97 Å². The minimum absolute atomic E-state index is 0.702. The van der Waals surface area contributed by atoms with E-state index in [9.17, 15) is 0 Å². The zero-order valence-corrected chi connectivity index (χ0v) is 14.0. The van der Waals surface area contributed by atoms with E-state index >= 15 is 0 Å². The smallest absolute Gasteiger partial charge is 0.164 e. The van der Waals surface area contributed by atoms with Crippen LogP contribution in [0.5, 0.6) is 0 Å². The summed E-state index contributed by atoms with van der Waals surface area (Å²) in [5, 5.41) is 6.63. The van der Waals surface area contributed by atoms with Crippen molar-refractivity contribution in [1.29, 1.82) is 0 Å². The second kappa shape index (κ2) is 6.37. The highest BCUT2D eigenvalue weighted by Gasteiger charge is 2.15. The van der Waals surface area contributed by atoms with E-state index in [-0.39, 0.29) is 0 Å². The van der Waals surface area contributed by atoms with Crippen molar-refractivity contribution >= 4 is 27.4 Å². The van der Waals surface area contributed by atoms with Gasteiger partial charge >= 0.3 is 0 Å². The van der Waals surface area contributed by atoms with E-state index in [0.29, 0.717) is 5.82 Å². The molecular weight excluding hydrogens is 316 g/mol. The van der Waals surface area contributed by atoms with E-state index in [1.54, 1.807) is 23.7 Å². The minimum Gasteiger partial charge on any atom is -0.370 e. The molecule has 4 rings (SSSR count). The molecule has 118 valence electrons. The fourth-order valence-corrected chi connectivity index (χ4v) is 3.64. The lowest BCUT2D eigenvalue weighted by molar-refractivity contribution is 1.14. The summed E-state index contributed by atoms with van der Waals surface area (Å²) in [7, 11) is 0. The monoisotopic (exact) mass is 332 g/mol. The molecule has 4 nitrogen and oxygen atoms in total. The van der Waals surface area contributed by atoms with Gasteiger partial charge in [0, 0.05) is 35.4 Å². The van der Waals surface area contributed by atoms with Crippen LogP contribution in [0.3, 0.4) is 0 Å². The van der Waals surface area contributed by atoms with Gasteiger partial charge in [-0.3, -0.25) is 4.98 Å². The molecule has 24 heavy (non-hydrogen) atoms. The first-order valence-corrected chi connectivity index (χ1v) is 8.73. The highest BCUT2D eigenvalue weighted by atomic mass is 32.1. The van der Waals surface area contributed by atoms with Gasteiger partial charge < -0.3 is 5.32 Å². The van der Waals surface area contributed by atoms with Crippen LogP contribution < -0.4 is 5.32 Å². The molecule has 5 heteroatoms. The zero-order valence-electron chi connectivity index (χ0n) is 13.2. The van der Waals surface area contributed by atoms with E-state index in [2.05, 4.69) is 46.9 Å². The summed E-state index contributed by atoms with van der Waals surface area (Å²) in [6, 6.07) is 14.3. The number of nitrogens with zero attached hydrogens (tertiary/aromatic N) is 3. The van der Waals surface area contributed by atoms with Crippen LogP contribution in [-0.4, -0.2) is 21.5 Å². The Kier molecular flexibility index (Phi) is 3.92. The van der Waals surface area contributed by atoms with Gasteiger partial charge in [0.2, 0.25) is 0 Å². The third-order valence-corrected chi connectivity index (χ3v) is 4.65. The van der Waals surface area contributed by atoms with E-state index in [1.165, 1.54) is 11.1 Å². The van der Waals surface area contributed by atoms with Crippen LogP contribution in [0.4, 0.5) is 5.82 Å². The number of hydrogen-bond acceptors (Lipinski definition) is 5. The molecule has 0 aliphatic heterocycles. The summed E-state index contributed by atoms with van der Waals surface area (Å²) in [6.45, 7) is 2.88. The Balaban J connectivity index is 1.94. The Bertz CT molecular complexity index is 965. The van der Waals surface area contributed by atoms with Crippen LogP contribution >= 0.6 is 11.3 Å². The van der Waals surface area contributed by atoms with Crippen molar-refractivity contribution in [3.05, 3.63) is 60.2 Å². The molecule has 1 N–H and O–H groups in total. The van der Waals surface area contributed by atoms with Crippen molar-refractivity contribution in [3.63, 3.8) is 0 Å². The maximum Gasteiger partial charge on any atom is 0.164 e. The number of nitrogens with one attached hydrogen (secondary N) is 1. The number of hydrogen-bond donors (Lipinski definition) is 1. The summed E-state index contributed by atoms with van der Waals surface area (Å²) in [5.74, 6) is 1.58. The number of anilines is 1. The molecule has 3 aromatic heterocycles. The number of thiophene rings is 1. The molecule has 4 aromatic rings. The molecule has 0 atom stereocenters. The Hall–Kier alpha value is -2.79. The fraction of sp³-hybridized carbons (Fsp3) is 0.105. The van der Waals surface area contributed by atoms with Gasteiger partial charge in [-0.1, -0.05) is 30.3 Å². The van der Waals surface area contributed by atoms with Crippen molar-refractivity contribution in [1.82, 2.24) is 15.0 Å². The van der Waals surface area contributed by atoms with Crippen molar-refractivity contribution in [3.8, 4) is 22.5 Å². The van der Waals surface area contributed by atoms with Gasteiger partial charge in [-0.25, -0.2) is 9.97 Å². The van der Waals surface area contributed by atoms with Crippen molar-refractivity contribution in [2.24, 2.45) is 0 Å². The number of aromatic nitrogens is 3. The van der Waals surface area contributed by atoms with E-state index in [0.717, 1.165) is 28.1 Å². The Morgan fingerprint density at radius 3 is 2.58 bits per heavy atom. The fourth-order valence-electron chi connectivity index (χ4n) is 2.69. The summed E-state index contributed by atoms with van der Waals surface area (Å²) < 4.78 is 0. The molecule has 0 saturated heterocycles. The van der Waals surface area contributed by atoms with Crippen LogP contribution in [0.2, 0.25) is 0 Å². The maximum atomic E-state index is 4.76. The van der Waals surface area contributed by atoms with Crippen LogP contribution in [0.1, 0.15) is 6.92 Å². The average Bonchev–Trinajstić information content (AvgIpc) is 3.08. The quantitative estimate of drug-likeness (QED) is 0.580. The number of rotatable bonds is 4. The van der Waals surface area contributed by atoms with Gasteiger partial charge in [0.15, 0.2) is 5.82 Å². The van der Waals surface area contributed by atoms with Gasteiger partial charge in [-0.15, -0.1) is 11.3 Å². The molecule has 0 saturated carbocycles. The summed E-state index contributed by atoms with van der Waals surface area (Å²) >= 11 is 1.65. The van der Waals surface area contributed by atoms with Crippen LogP contribution in [0, 0.1) is 0 Å². The molecule has 0 bridgehead atoms. The zero-order chi connectivity index (χ0) is 16.4. The largest absolute Gasteiger partial charge is 0.370 e. The number of pyridine rings is 1. The van der Waals surface area contributed by atoms with Crippen molar-refractivity contribution in [2.45, 2.75) is 6.92 Å². The molecule has 0 radical (unpaired) electrons. The lowest BCUT2D eigenvalue weighted by atomic mass is 10.1. The lowest BCUT2D eigenvalue weighted by Gasteiger charge is -2.09. The van der Waals surface area contributed by atoms with Crippen LogP contribution in [-0.2, 0) is 0 Å². The molecule has 1 aromatic carbocycles. The third kappa shape index (κ3) is 2.63. The van der Waals surface area contributed by atoms with E-state index < -0.39 is 0 Å². The standard InChI is InChI=1S/C19H16N4S/c1-2-21-18-16-15(13-7-4-3-5-8-13)12-24-19(16)23-17(22-18)14-9-6-10-20-11-14/h3-12H,2H2,1H3,(H,21,22,23). The van der Waals surface area contributed by atoms with E-state index in [1.807, 2.05) is 18.2 Å². The van der Waals surface area contributed by atoms with Crippen LogP contribution in [0.15, 0.2) is 60.2 Å². The van der Waals surface area contributed by atoms with Gasteiger partial charge in [-0.2, -0.15) is 0 Å². The first-order valence-electron chi connectivity index (χ1n) is 7.85. The predicted octanol–water partition coefficient (Wildman–Crippen LogP) is 4.85. The molecule has 0 unspecified atom stereocenters. The summed E-state index contributed by atoms with van der Waals surface area (Å²) in [5.41, 5.74) is 3.28. The Morgan fingerprint density at radius 1 is 1.00 bits per heavy atom. The van der Waals surface area contributed by atoms with Gasteiger partial charge in [0.05, 0.1) is 5.39 Å². The van der Waals surface area contributed by atoms with Crippen molar-refractivity contribution in [2.75, 3.05) is 11.9 Å². The first-order chi connectivity index (χ1) is 11.9. The van der Waals surface area contributed by atoms with Gasteiger partial charge in [-0.05, 0) is 24.6 Å². The lowest BCUT2D eigenvalue weighted by Crippen LogP contribution is -2.02. The third-order valence-electron chi connectivity index (χ3n) is 3.78. The molecule has 0 fully saturated rings. The molecular formula is C19H16N4S. The SMILES string of the molecule is CCNc1nc(-c2cccnc2)nc2scc(-c3ccccc3)c12. The first kappa shape index (κ1) is 14.8. The molecule has 3 heterocycles. The molecule has 0 aliphatic carbocycles. The second-order valence-corrected chi connectivity index (χ2v) is 6.22. The molecule has 0 spiro atoms. The minimum atomic E-state index is 0.702. The van der Waals surface area contributed by atoms with Gasteiger partial charge in [0.1, 0.15) is 10.6 Å². The summed E-state index contributed by atoms with van der Waals surface area (Å²) in [6.07, 6.45) is 3.55. The Morgan fingerprint density at radius 2 is 1.83 bits per heavy atom. The highest BCUT2D eigenvalue weighted by molar-refractivity contribution is 7.17. The number of benzene rings is 1. The Labute approximate surface area is 144 Å². The highest BCUT2D eigenvalue weighted by Crippen LogP contribution is 2.37. The predicted molar refractivity (Wildman–Crippen MR) is 100 cm³/mol. The average molecular weight is 332 g/mol.